The second kappa shape index (κ2) is 6.95. The van der Waals surface area contributed by atoms with E-state index in [9.17, 15) is 9.59 Å². The molecule has 0 spiro atoms. The fourth-order valence-corrected chi connectivity index (χ4v) is 2.47. The largest absolute Gasteiger partial charge is 0.270 e. The van der Waals surface area contributed by atoms with Crippen molar-refractivity contribution in [1.29, 1.82) is 0 Å². The van der Waals surface area contributed by atoms with Gasteiger partial charge < -0.3 is 0 Å². The monoisotopic (exact) mass is 300 g/mol. The molecular formula is C16H16N2O2S. The molecule has 0 bridgehead atoms. The van der Waals surface area contributed by atoms with Crippen molar-refractivity contribution in [2.45, 2.75) is 11.8 Å². The molecule has 0 saturated heterocycles. The molecule has 108 valence electrons. The molecule has 0 unspecified atom stereocenters. The molecule has 2 rings (SSSR count). The molecule has 0 fully saturated rings. The van der Waals surface area contributed by atoms with Gasteiger partial charge in [0.25, 0.3) is 11.8 Å². The maximum absolute atomic E-state index is 12.1. The zero-order valence-electron chi connectivity index (χ0n) is 11.8. The first-order valence-corrected chi connectivity index (χ1v) is 7.64. The standard InChI is InChI=1S/C16H16N2O2S/c1-11-6-5-7-12(10-11)15(19)17-18-16(20)13-8-3-4-9-14(13)21-2/h3-10H,1-2H3,(H,17,19)(H,18,20). The number of amides is 2. The summed E-state index contributed by atoms with van der Waals surface area (Å²) >= 11 is 1.48. The lowest BCUT2D eigenvalue weighted by molar-refractivity contribution is 0.0845. The topological polar surface area (TPSA) is 58.2 Å². The highest BCUT2D eigenvalue weighted by Gasteiger charge is 2.12. The summed E-state index contributed by atoms with van der Waals surface area (Å²) in [6.07, 6.45) is 1.90. The highest BCUT2D eigenvalue weighted by molar-refractivity contribution is 7.98. The summed E-state index contributed by atoms with van der Waals surface area (Å²) in [5.74, 6) is -0.672. The maximum Gasteiger partial charge on any atom is 0.270 e. The van der Waals surface area contributed by atoms with E-state index in [0.717, 1.165) is 10.5 Å². The molecule has 0 heterocycles. The van der Waals surface area contributed by atoms with Crippen molar-refractivity contribution in [2.24, 2.45) is 0 Å². The Hall–Kier alpha value is -2.27. The zero-order valence-corrected chi connectivity index (χ0v) is 12.7. The number of hydrazine groups is 1. The van der Waals surface area contributed by atoms with Gasteiger partial charge in [-0.1, -0.05) is 29.8 Å². The minimum atomic E-state index is -0.339. The molecule has 2 N–H and O–H groups in total. The van der Waals surface area contributed by atoms with Crippen LogP contribution in [-0.2, 0) is 0 Å². The molecule has 2 amide bonds. The van der Waals surface area contributed by atoms with Gasteiger partial charge >= 0.3 is 0 Å². The van der Waals surface area contributed by atoms with Crippen LogP contribution in [0.1, 0.15) is 26.3 Å². The number of thioether (sulfide) groups is 1. The van der Waals surface area contributed by atoms with Crippen molar-refractivity contribution < 1.29 is 9.59 Å². The summed E-state index contributed by atoms with van der Waals surface area (Å²) in [6, 6.07) is 14.4. The van der Waals surface area contributed by atoms with Gasteiger partial charge in [0, 0.05) is 10.5 Å². The van der Waals surface area contributed by atoms with Crippen molar-refractivity contribution in [2.75, 3.05) is 6.26 Å². The van der Waals surface area contributed by atoms with Crippen LogP contribution in [0.2, 0.25) is 0 Å². The predicted molar refractivity (Wildman–Crippen MR) is 84.3 cm³/mol. The minimum absolute atomic E-state index is 0.332. The fourth-order valence-electron chi connectivity index (χ4n) is 1.87. The van der Waals surface area contributed by atoms with E-state index < -0.39 is 0 Å². The summed E-state index contributed by atoms with van der Waals surface area (Å²) in [7, 11) is 0. The van der Waals surface area contributed by atoms with E-state index in [1.807, 2.05) is 31.4 Å². The van der Waals surface area contributed by atoms with Crippen LogP contribution >= 0.6 is 11.8 Å². The van der Waals surface area contributed by atoms with Gasteiger partial charge in [-0.3, -0.25) is 20.4 Å². The van der Waals surface area contributed by atoms with Crippen molar-refractivity contribution in [3.8, 4) is 0 Å². The van der Waals surface area contributed by atoms with Gasteiger partial charge in [0.05, 0.1) is 5.56 Å². The molecule has 0 saturated carbocycles. The Labute approximate surface area is 127 Å². The van der Waals surface area contributed by atoms with Gasteiger partial charge in [0.2, 0.25) is 0 Å². The summed E-state index contributed by atoms with van der Waals surface area (Å²) in [4.78, 5) is 24.9. The van der Waals surface area contributed by atoms with Crippen molar-refractivity contribution in [1.82, 2.24) is 10.9 Å². The van der Waals surface area contributed by atoms with E-state index in [4.69, 9.17) is 0 Å². The lowest BCUT2D eigenvalue weighted by Gasteiger charge is -2.10. The number of nitrogens with one attached hydrogen (secondary N) is 2. The molecule has 2 aromatic rings. The molecule has 4 nitrogen and oxygen atoms in total. The van der Waals surface area contributed by atoms with Crippen LogP contribution < -0.4 is 10.9 Å². The minimum Gasteiger partial charge on any atom is -0.267 e. The second-order valence-electron chi connectivity index (χ2n) is 4.48. The molecule has 0 aliphatic rings. The van der Waals surface area contributed by atoms with Gasteiger partial charge in [-0.25, -0.2) is 0 Å². The number of rotatable bonds is 3. The number of benzene rings is 2. The number of hydrogen-bond acceptors (Lipinski definition) is 3. The highest BCUT2D eigenvalue weighted by Crippen LogP contribution is 2.19. The van der Waals surface area contributed by atoms with Crippen LogP contribution in [0.3, 0.4) is 0 Å². The lowest BCUT2D eigenvalue weighted by Crippen LogP contribution is -2.41. The van der Waals surface area contributed by atoms with Crippen molar-refractivity contribution in [3.05, 3.63) is 65.2 Å². The number of carbonyl (C=O) groups is 2. The van der Waals surface area contributed by atoms with Crippen LogP contribution in [0.4, 0.5) is 0 Å². The Balaban J connectivity index is 2.02. The molecule has 0 atom stereocenters. The fraction of sp³-hybridized carbons (Fsp3) is 0.125. The van der Waals surface area contributed by atoms with Gasteiger partial charge in [0.1, 0.15) is 0 Å². The third kappa shape index (κ3) is 3.86. The van der Waals surface area contributed by atoms with Crippen molar-refractivity contribution >= 4 is 23.6 Å². The van der Waals surface area contributed by atoms with E-state index >= 15 is 0 Å². The van der Waals surface area contributed by atoms with Gasteiger partial charge in [-0.15, -0.1) is 11.8 Å². The Morgan fingerprint density at radius 2 is 1.67 bits per heavy atom. The quantitative estimate of drug-likeness (QED) is 0.677. The summed E-state index contributed by atoms with van der Waals surface area (Å²) in [6.45, 7) is 1.91. The Bertz CT molecular complexity index is 671. The second-order valence-corrected chi connectivity index (χ2v) is 5.33. The maximum atomic E-state index is 12.1. The molecule has 21 heavy (non-hydrogen) atoms. The van der Waals surface area contributed by atoms with Gasteiger partial charge in [-0.2, -0.15) is 0 Å². The van der Waals surface area contributed by atoms with E-state index in [1.165, 1.54) is 11.8 Å². The Morgan fingerprint density at radius 3 is 2.38 bits per heavy atom. The summed E-state index contributed by atoms with van der Waals surface area (Å²) in [5.41, 5.74) is 6.90. The summed E-state index contributed by atoms with van der Waals surface area (Å²) in [5, 5.41) is 0. The Kier molecular flexibility index (Phi) is 5.00. The molecule has 0 aromatic heterocycles. The predicted octanol–water partition coefficient (Wildman–Crippen LogP) is 2.79. The third-order valence-corrected chi connectivity index (χ3v) is 3.72. The third-order valence-electron chi connectivity index (χ3n) is 2.92. The van der Waals surface area contributed by atoms with Gasteiger partial charge in [-0.05, 0) is 37.4 Å². The average molecular weight is 300 g/mol. The van der Waals surface area contributed by atoms with E-state index in [-0.39, 0.29) is 11.8 Å². The molecule has 0 aliphatic carbocycles. The van der Waals surface area contributed by atoms with Crippen LogP contribution in [0, 0.1) is 6.92 Å². The first kappa shape index (κ1) is 15.1. The van der Waals surface area contributed by atoms with E-state index in [2.05, 4.69) is 10.9 Å². The van der Waals surface area contributed by atoms with E-state index in [0.29, 0.717) is 11.1 Å². The SMILES string of the molecule is CSc1ccccc1C(=O)NNC(=O)c1cccc(C)c1. The van der Waals surface area contributed by atoms with Crippen LogP contribution in [-0.4, -0.2) is 18.1 Å². The molecular weight excluding hydrogens is 284 g/mol. The molecule has 5 heteroatoms. The van der Waals surface area contributed by atoms with Crippen LogP contribution in [0.15, 0.2) is 53.4 Å². The molecule has 2 aromatic carbocycles. The number of carbonyl (C=O) groups excluding carboxylic acids is 2. The normalized spacial score (nSPS) is 10.0. The molecule has 0 aliphatic heterocycles. The number of hydrogen-bond donors (Lipinski definition) is 2. The molecule has 0 radical (unpaired) electrons. The first-order chi connectivity index (χ1) is 10.1. The van der Waals surface area contributed by atoms with Gasteiger partial charge in [0.15, 0.2) is 0 Å². The van der Waals surface area contributed by atoms with Crippen molar-refractivity contribution in [3.63, 3.8) is 0 Å². The Morgan fingerprint density at radius 1 is 0.952 bits per heavy atom. The smallest absolute Gasteiger partial charge is 0.267 e. The first-order valence-electron chi connectivity index (χ1n) is 6.42. The summed E-state index contributed by atoms with van der Waals surface area (Å²) < 4.78 is 0. The zero-order chi connectivity index (χ0) is 15.2. The van der Waals surface area contributed by atoms with Crippen LogP contribution in [0.25, 0.3) is 0 Å². The number of aryl methyl sites for hydroxylation is 1. The highest BCUT2D eigenvalue weighted by atomic mass is 32.2. The van der Waals surface area contributed by atoms with E-state index in [1.54, 1.807) is 30.3 Å². The average Bonchev–Trinajstić information content (AvgIpc) is 2.52. The van der Waals surface area contributed by atoms with Crippen LogP contribution in [0.5, 0.6) is 0 Å². The lowest BCUT2D eigenvalue weighted by atomic mass is 10.1.